The molecule has 0 spiro atoms. The first-order valence-electron chi connectivity index (χ1n) is 6.83. The van der Waals surface area contributed by atoms with Crippen LogP contribution in [0.3, 0.4) is 0 Å². The minimum absolute atomic E-state index is 0.385. The van der Waals surface area contributed by atoms with E-state index >= 15 is 0 Å². The highest BCUT2D eigenvalue weighted by molar-refractivity contribution is 6.03. The standard InChI is InChI=1S/C14H16O10/c15-4-9-11(20)12(21)13(22)14(23-9)24-10(19)3-6-7(17)1-5(16)2-8(6)18/h1-3,9,11-15,17-18,20-22H,4H2/t9-,11-,12+,13-,14+/m1/s1. The Morgan fingerprint density at radius 3 is 2.25 bits per heavy atom. The van der Waals surface area contributed by atoms with Crippen molar-refractivity contribution >= 4 is 11.8 Å². The molecule has 1 saturated heterocycles. The molecule has 0 saturated carbocycles. The van der Waals surface area contributed by atoms with Crippen LogP contribution in [-0.2, 0) is 19.1 Å². The Hall–Kier alpha value is -2.24. The third-order valence-corrected chi connectivity index (χ3v) is 3.45. The lowest BCUT2D eigenvalue weighted by Gasteiger charge is -2.38. The molecule has 1 fully saturated rings. The van der Waals surface area contributed by atoms with Gasteiger partial charge in [-0.05, 0) is 0 Å². The Morgan fingerprint density at radius 1 is 1.12 bits per heavy atom. The van der Waals surface area contributed by atoms with Crippen molar-refractivity contribution in [2.24, 2.45) is 0 Å². The molecule has 0 bridgehead atoms. The summed E-state index contributed by atoms with van der Waals surface area (Å²) in [6.07, 6.45) is -5.90. The Labute approximate surface area is 135 Å². The second kappa shape index (κ2) is 7.11. The zero-order valence-corrected chi connectivity index (χ0v) is 12.1. The largest absolute Gasteiger partial charge is 0.507 e. The third-order valence-electron chi connectivity index (χ3n) is 3.45. The SMILES string of the molecule is O=C1C=C(O)C(=CC(=O)O[C@@H]2O[C@H](CO)[C@@H](O)[C@H](O)[C@H]2O)C(O)=C1. The first kappa shape index (κ1) is 18.1. The van der Waals surface area contributed by atoms with Gasteiger partial charge in [-0.1, -0.05) is 0 Å². The predicted molar refractivity (Wildman–Crippen MR) is 74.4 cm³/mol. The first-order valence-corrected chi connectivity index (χ1v) is 6.83. The maximum absolute atomic E-state index is 11.8. The van der Waals surface area contributed by atoms with E-state index in [1.54, 1.807) is 0 Å². The molecule has 1 heterocycles. The fraction of sp³-hybridized carbons (Fsp3) is 0.429. The number of carbonyl (C=O) groups excluding carboxylic acids is 2. The van der Waals surface area contributed by atoms with Crippen LogP contribution in [0.5, 0.6) is 0 Å². The number of esters is 1. The Morgan fingerprint density at radius 2 is 1.71 bits per heavy atom. The van der Waals surface area contributed by atoms with Crippen LogP contribution in [0.1, 0.15) is 0 Å². The molecule has 5 atom stereocenters. The third kappa shape index (κ3) is 3.63. The summed E-state index contributed by atoms with van der Waals surface area (Å²) in [6, 6.07) is 0. The molecule has 0 radical (unpaired) electrons. The minimum Gasteiger partial charge on any atom is -0.507 e. The summed E-state index contributed by atoms with van der Waals surface area (Å²) >= 11 is 0. The van der Waals surface area contributed by atoms with Crippen LogP contribution >= 0.6 is 0 Å². The minimum atomic E-state index is -1.79. The Balaban J connectivity index is 2.12. The topological polar surface area (TPSA) is 174 Å². The molecule has 0 aromatic heterocycles. The number of aliphatic hydroxyl groups excluding tert-OH is 6. The van der Waals surface area contributed by atoms with E-state index in [1.807, 2.05) is 0 Å². The van der Waals surface area contributed by atoms with E-state index in [2.05, 4.69) is 0 Å². The molecule has 24 heavy (non-hydrogen) atoms. The van der Waals surface area contributed by atoms with Crippen molar-refractivity contribution in [2.75, 3.05) is 6.61 Å². The monoisotopic (exact) mass is 344 g/mol. The van der Waals surface area contributed by atoms with Crippen LogP contribution < -0.4 is 0 Å². The smallest absolute Gasteiger partial charge is 0.334 e. The summed E-state index contributed by atoms with van der Waals surface area (Å²) in [7, 11) is 0. The van der Waals surface area contributed by atoms with Crippen LogP contribution in [0.15, 0.2) is 35.3 Å². The van der Waals surface area contributed by atoms with Crippen molar-refractivity contribution in [1.29, 1.82) is 0 Å². The highest BCUT2D eigenvalue weighted by Gasteiger charge is 2.45. The van der Waals surface area contributed by atoms with Crippen LogP contribution in [0, 0.1) is 0 Å². The molecule has 1 aliphatic carbocycles. The average Bonchev–Trinajstić information content (AvgIpc) is 2.51. The van der Waals surface area contributed by atoms with E-state index in [1.165, 1.54) is 0 Å². The van der Waals surface area contributed by atoms with Gasteiger partial charge in [0.05, 0.1) is 12.2 Å². The zero-order valence-electron chi connectivity index (χ0n) is 12.1. The summed E-state index contributed by atoms with van der Waals surface area (Å²) in [5, 5.41) is 57.1. The normalized spacial score (nSPS) is 33.6. The molecule has 132 valence electrons. The van der Waals surface area contributed by atoms with Gasteiger partial charge in [-0.2, -0.15) is 0 Å². The first-order chi connectivity index (χ1) is 11.2. The number of aliphatic hydroxyl groups is 6. The number of hydrogen-bond acceptors (Lipinski definition) is 10. The van der Waals surface area contributed by atoms with Crippen molar-refractivity contribution in [3.63, 3.8) is 0 Å². The summed E-state index contributed by atoms with van der Waals surface area (Å²) in [4.78, 5) is 22.9. The second-order valence-electron chi connectivity index (χ2n) is 5.15. The van der Waals surface area contributed by atoms with Crippen molar-refractivity contribution in [1.82, 2.24) is 0 Å². The fourth-order valence-corrected chi connectivity index (χ4v) is 2.18. The van der Waals surface area contributed by atoms with Gasteiger partial charge in [-0.3, -0.25) is 4.79 Å². The van der Waals surface area contributed by atoms with Gasteiger partial charge in [-0.15, -0.1) is 0 Å². The summed E-state index contributed by atoms with van der Waals surface area (Å²) in [6.45, 7) is -0.699. The Kier molecular flexibility index (Phi) is 5.36. The lowest BCUT2D eigenvalue weighted by molar-refractivity contribution is -0.291. The van der Waals surface area contributed by atoms with E-state index in [4.69, 9.17) is 14.6 Å². The van der Waals surface area contributed by atoms with Crippen molar-refractivity contribution in [3.8, 4) is 0 Å². The van der Waals surface area contributed by atoms with Crippen molar-refractivity contribution in [2.45, 2.75) is 30.7 Å². The molecule has 10 heteroatoms. The van der Waals surface area contributed by atoms with Gasteiger partial charge in [0.2, 0.25) is 6.29 Å². The molecular formula is C14H16O10. The number of ketones is 1. The van der Waals surface area contributed by atoms with E-state index in [9.17, 15) is 35.1 Å². The van der Waals surface area contributed by atoms with Gasteiger partial charge in [0.15, 0.2) is 5.78 Å². The predicted octanol–water partition coefficient (Wildman–Crippen LogP) is -2.28. The lowest BCUT2D eigenvalue weighted by Crippen LogP contribution is -2.59. The molecule has 2 aliphatic rings. The zero-order chi connectivity index (χ0) is 18.0. The van der Waals surface area contributed by atoms with Crippen LogP contribution in [0.4, 0.5) is 0 Å². The van der Waals surface area contributed by atoms with E-state index in [0.717, 1.165) is 12.2 Å². The maximum atomic E-state index is 11.8. The van der Waals surface area contributed by atoms with Gasteiger partial charge in [0.1, 0.15) is 35.9 Å². The van der Waals surface area contributed by atoms with E-state index < -0.39 is 60.6 Å². The molecule has 0 aromatic carbocycles. The lowest BCUT2D eigenvalue weighted by atomic mass is 9.99. The number of carbonyl (C=O) groups is 2. The molecule has 0 unspecified atom stereocenters. The van der Waals surface area contributed by atoms with Gasteiger partial charge < -0.3 is 40.1 Å². The van der Waals surface area contributed by atoms with Gasteiger partial charge in [0, 0.05) is 18.2 Å². The molecule has 2 rings (SSSR count). The molecule has 10 nitrogen and oxygen atoms in total. The van der Waals surface area contributed by atoms with Gasteiger partial charge >= 0.3 is 5.97 Å². The number of ether oxygens (including phenoxy) is 2. The molecular weight excluding hydrogens is 328 g/mol. The summed E-state index contributed by atoms with van der Waals surface area (Å²) < 4.78 is 9.72. The summed E-state index contributed by atoms with van der Waals surface area (Å²) in [5.74, 6) is -3.18. The van der Waals surface area contributed by atoms with Crippen LogP contribution in [0.25, 0.3) is 0 Å². The fourth-order valence-electron chi connectivity index (χ4n) is 2.18. The van der Waals surface area contributed by atoms with E-state index in [0.29, 0.717) is 6.08 Å². The quantitative estimate of drug-likeness (QED) is 0.242. The van der Waals surface area contributed by atoms with Gasteiger partial charge in [-0.25, -0.2) is 4.79 Å². The number of hydrogen-bond donors (Lipinski definition) is 6. The number of allylic oxidation sites excluding steroid dienone is 2. The molecule has 1 aliphatic heterocycles. The second-order valence-corrected chi connectivity index (χ2v) is 5.15. The maximum Gasteiger partial charge on any atom is 0.334 e. The highest BCUT2D eigenvalue weighted by Crippen LogP contribution is 2.24. The van der Waals surface area contributed by atoms with Crippen molar-refractivity contribution in [3.05, 3.63) is 35.3 Å². The van der Waals surface area contributed by atoms with Gasteiger partial charge in [0.25, 0.3) is 0 Å². The average molecular weight is 344 g/mol. The van der Waals surface area contributed by atoms with Crippen molar-refractivity contribution < 1.29 is 49.7 Å². The number of rotatable bonds is 3. The highest BCUT2D eigenvalue weighted by atomic mass is 16.7. The van der Waals surface area contributed by atoms with Crippen LogP contribution in [0.2, 0.25) is 0 Å². The molecule has 6 N–H and O–H groups in total. The summed E-state index contributed by atoms with van der Waals surface area (Å²) in [5.41, 5.74) is -0.385. The molecule has 0 aromatic rings. The van der Waals surface area contributed by atoms with E-state index in [-0.39, 0.29) is 5.57 Å². The van der Waals surface area contributed by atoms with Crippen LogP contribution in [-0.4, -0.2) is 79.7 Å². The Bertz CT molecular complexity index is 593. The molecule has 0 amide bonds.